The van der Waals surface area contributed by atoms with Crippen molar-refractivity contribution in [2.45, 2.75) is 51.0 Å². The van der Waals surface area contributed by atoms with Gasteiger partial charge in [0.25, 0.3) is 0 Å². The second kappa shape index (κ2) is 6.13. The van der Waals surface area contributed by atoms with E-state index >= 15 is 0 Å². The minimum atomic E-state index is -0.629. The van der Waals surface area contributed by atoms with E-state index in [9.17, 15) is 4.79 Å². The van der Waals surface area contributed by atoms with Gasteiger partial charge in [0.05, 0.1) is 5.54 Å². The van der Waals surface area contributed by atoms with E-state index in [2.05, 4.69) is 41.6 Å². The number of carbonyl (C=O) groups is 1. The van der Waals surface area contributed by atoms with Gasteiger partial charge in [-0.1, -0.05) is 38.0 Å². The fraction of sp³-hybridized carbons (Fsp3) is 0.500. The molecule has 4 nitrogen and oxygen atoms in total. The molecule has 1 saturated carbocycles. The smallest absolute Gasteiger partial charge is 0.240 e. The minimum absolute atomic E-state index is 0.0130. The standard InChI is InChI=1S/C18H25N3O/c1-2-13-6-5-7-15-14(12-21-16(13)15)8-11-20-17(22)18(19)9-3-4-10-18/h5-7,12,21H,2-4,8-11,19H2,1H3,(H,20,22). The van der Waals surface area contributed by atoms with Gasteiger partial charge in [-0.25, -0.2) is 0 Å². The Bertz CT molecular complexity index is 668. The zero-order valence-electron chi connectivity index (χ0n) is 13.2. The Kier molecular flexibility index (Phi) is 4.21. The monoisotopic (exact) mass is 299 g/mol. The predicted molar refractivity (Wildman–Crippen MR) is 89.8 cm³/mol. The van der Waals surface area contributed by atoms with Crippen molar-refractivity contribution in [2.75, 3.05) is 6.54 Å². The summed E-state index contributed by atoms with van der Waals surface area (Å²) in [6.45, 7) is 2.80. The summed E-state index contributed by atoms with van der Waals surface area (Å²) in [6, 6.07) is 6.40. The maximum Gasteiger partial charge on any atom is 0.240 e. The van der Waals surface area contributed by atoms with Crippen LogP contribution in [0.15, 0.2) is 24.4 Å². The quantitative estimate of drug-likeness (QED) is 0.794. The van der Waals surface area contributed by atoms with Crippen LogP contribution in [0, 0.1) is 0 Å². The van der Waals surface area contributed by atoms with Crippen molar-refractivity contribution in [2.24, 2.45) is 5.73 Å². The lowest BCUT2D eigenvalue weighted by Crippen LogP contribution is -2.52. The van der Waals surface area contributed by atoms with Crippen molar-refractivity contribution in [3.8, 4) is 0 Å². The molecule has 118 valence electrons. The molecule has 0 unspecified atom stereocenters. The molecule has 22 heavy (non-hydrogen) atoms. The number of fused-ring (bicyclic) bond motifs is 1. The summed E-state index contributed by atoms with van der Waals surface area (Å²) < 4.78 is 0. The number of H-pyrrole nitrogens is 1. The van der Waals surface area contributed by atoms with Gasteiger partial charge in [0.15, 0.2) is 0 Å². The SMILES string of the molecule is CCc1cccc2c(CCNC(=O)C3(N)CCCC3)c[nH]c12. The van der Waals surface area contributed by atoms with Crippen molar-refractivity contribution < 1.29 is 4.79 Å². The molecular weight excluding hydrogens is 274 g/mol. The summed E-state index contributed by atoms with van der Waals surface area (Å²) >= 11 is 0. The lowest BCUT2D eigenvalue weighted by atomic mass is 9.98. The summed E-state index contributed by atoms with van der Waals surface area (Å²) in [4.78, 5) is 15.6. The van der Waals surface area contributed by atoms with Gasteiger partial charge >= 0.3 is 0 Å². The number of benzene rings is 1. The molecule has 4 heteroatoms. The van der Waals surface area contributed by atoms with Gasteiger partial charge in [-0.15, -0.1) is 0 Å². The number of nitrogens with two attached hydrogens (primary N) is 1. The molecule has 1 aromatic carbocycles. The van der Waals surface area contributed by atoms with Crippen molar-refractivity contribution in [1.29, 1.82) is 0 Å². The van der Waals surface area contributed by atoms with Crippen LogP contribution in [-0.4, -0.2) is 23.0 Å². The predicted octanol–water partition coefficient (Wildman–Crippen LogP) is 2.66. The number of carbonyl (C=O) groups excluding carboxylic acids is 1. The van der Waals surface area contributed by atoms with E-state index in [1.54, 1.807) is 0 Å². The maximum atomic E-state index is 12.2. The molecule has 2 aromatic rings. The molecule has 1 amide bonds. The number of aromatic nitrogens is 1. The molecule has 1 heterocycles. The van der Waals surface area contributed by atoms with E-state index < -0.39 is 5.54 Å². The van der Waals surface area contributed by atoms with Gasteiger partial charge in [0, 0.05) is 23.6 Å². The summed E-state index contributed by atoms with van der Waals surface area (Å²) in [6.07, 6.45) is 7.65. The molecule has 1 aliphatic rings. The van der Waals surface area contributed by atoms with E-state index in [1.165, 1.54) is 22.0 Å². The van der Waals surface area contributed by atoms with Crippen LogP contribution in [0.1, 0.15) is 43.7 Å². The van der Waals surface area contributed by atoms with Crippen LogP contribution in [-0.2, 0) is 17.6 Å². The lowest BCUT2D eigenvalue weighted by molar-refractivity contribution is -0.126. The Morgan fingerprint density at radius 2 is 2.09 bits per heavy atom. The van der Waals surface area contributed by atoms with Gasteiger partial charge in [0.1, 0.15) is 0 Å². The van der Waals surface area contributed by atoms with E-state index in [1.807, 2.05) is 0 Å². The van der Waals surface area contributed by atoms with Gasteiger partial charge < -0.3 is 16.0 Å². The van der Waals surface area contributed by atoms with Crippen LogP contribution >= 0.6 is 0 Å². The third kappa shape index (κ3) is 2.75. The molecular formula is C18H25N3O. The number of para-hydroxylation sites is 1. The molecule has 0 spiro atoms. The summed E-state index contributed by atoms with van der Waals surface area (Å²) in [5, 5.41) is 4.28. The maximum absolute atomic E-state index is 12.2. The zero-order valence-corrected chi connectivity index (χ0v) is 13.2. The highest BCUT2D eigenvalue weighted by atomic mass is 16.2. The third-order valence-electron chi connectivity index (χ3n) is 4.90. The first-order chi connectivity index (χ1) is 10.6. The summed E-state index contributed by atoms with van der Waals surface area (Å²) in [5.41, 5.74) is 9.35. The fourth-order valence-corrected chi connectivity index (χ4v) is 3.50. The highest BCUT2D eigenvalue weighted by Crippen LogP contribution is 2.27. The number of amides is 1. The first-order valence-electron chi connectivity index (χ1n) is 8.29. The van der Waals surface area contributed by atoms with Crippen molar-refractivity contribution in [3.05, 3.63) is 35.5 Å². The van der Waals surface area contributed by atoms with Crippen LogP contribution < -0.4 is 11.1 Å². The van der Waals surface area contributed by atoms with Crippen LogP contribution in [0.2, 0.25) is 0 Å². The molecule has 1 aromatic heterocycles. The Morgan fingerprint density at radius 1 is 1.32 bits per heavy atom. The normalized spacial score (nSPS) is 17.0. The summed E-state index contributed by atoms with van der Waals surface area (Å²) in [5.74, 6) is 0.0130. The molecule has 0 saturated heterocycles. The lowest BCUT2D eigenvalue weighted by Gasteiger charge is -2.22. The molecule has 0 bridgehead atoms. The van der Waals surface area contributed by atoms with Crippen LogP contribution in [0.3, 0.4) is 0 Å². The Hall–Kier alpha value is -1.81. The van der Waals surface area contributed by atoms with Gasteiger partial charge in [-0.2, -0.15) is 0 Å². The van der Waals surface area contributed by atoms with Gasteiger partial charge in [-0.3, -0.25) is 4.79 Å². The zero-order chi connectivity index (χ0) is 15.6. The number of aromatic amines is 1. The number of aryl methyl sites for hydroxylation is 1. The van der Waals surface area contributed by atoms with E-state index in [0.29, 0.717) is 6.54 Å². The largest absolute Gasteiger partial charge is 0.361 e. The average Bonchev–Trinajstić information content (AvgIpc) is 3.14. The number of hydrogen-bond acceptors (Lipinski definition) is 2. The molecule has 0 atom stereocenters. The highest BCUT2D eigenvalue weighted by molar-refractivity contribution is 5.87. The van der Waals surface area contributed by atoms with E-state index in [0.717, 1.165) is 38.5 Å². The molecule has 1 fully saturated rings. The number of nitrogens with one attached hydrogen (secondary N) is 2. The van der Waals surface area contributed by atoms with Crippen LogP contribution in [0.25, 0.3) is 10.9 Å². The Labute approximate surface area is 131 Å². The summed E-state index contributed by atoms with van der Waals surface area (Å²) in [7, 11) is 0. The molecule has 1 aliphatic carbocycles. The number of hydrogen-bond donors (Lipinski definition) is 3. The van der Waals surface area contributed by atoms with Crippen LogP contribution in [0.5, 0.6) is 0 Å². The Morgan fingerprint density at radius 3 is 2.82 bits per heavy atom. The topological polar surface area (TPSA) is 70.9 Å². The average molecular weight is 299 g/mol. The van der Waals surface area contributed by atoms with Crippen molar-refractivity contribution in [3.63, 3.8) is 0 Å². The second-order valence-corrected chi connectivity index (χ2v) is 6.38. The van der Waals surface area contributed by atoms with Crippen molar-refractivity contribution in [1.82, 2.24) is 10.3 Å². The molecule has 0 aliphatic heterocycles. The Balaban J connectivity index is 1.64. The highest BCUT2D eigenvalue weighted by Gasteiger charge is 2.36. The minimum Gasteiger partial charge on any atom is -0.361 e. The number of rotatable bonds is 5. The van der Waals surface area contributed by atoms with Gasteiger partial charge in [0.2, 0.25) is 5.91 Å². The van der Waals surface area contributed by atoms with Crippen LogP contribution in [0.4, 0.5) is 0 Å². The van der Waals surface area contributed by atoms with E-state index in [-0.39, 0.29) is 5.91 Å². The third-order valence-corrected chi connectivity index (χ3v) is 4.90. The molecule has 0 radical (unpaired) electrons. The first kappa shape index (κ1) is 15.1. The first-order valence-corrected chi connectivity index (χ1v) is 8.29. The fourth-order valence-electron chi connectivity index (χ4n) is 3.50. The second-order valence-electron chi connectivity index (χ2n) is 6.38. The van der Waals surface area contributed by atoms with Gasteiger partial charge in [-0.05, 0) is 36.8 Å². The molecule has 3 rings (SSSR count). The van der Waals surface area contributed by atoms with Crippen molar-refractivity contribution >= 4 is 16.8 Å². The molecule has 4 N–H and O–H groups in total. The van der Waals surface area contributed by atoms with E-state index in [4.69, 9.17) is 5.73 Å².